The summed E-state index contributed by atoms with van der Waals surface area (Å²) in [5, 5.41) is 17.9. The molecule has 0 saturated carbocycles. The van der Waals surface area contributed by atoms with Crippen LogP contribution in [0.2, 0.25) is 0 Å². The van der Waals surface area contributed by atoms with Crippen LogP contribution in [-0.4, -0.2) is 28.1 Å². The zero-order valence-electron chi connectivity index (χ0n) is 7.17. The van der Waals surface area contributed by atoms with Crippen LogP contribution in [0.3, 0.4) is 0 Å². The highest BCUT2D eigenvalue weighted by Crippen LogP contribution is 2.32. The largest absolute Gasteiger partial charge is 0.313 e. The Labute approximate surface area is 67.5 Å². The van der Waals surface area contributed by atoms with Crippen LogP contribution >= 0.6 is 0 Å². The van der Waals surface area contributed by atoms with Gasteiger partial charge in [-0.15, -0.1) is 0 Å². The Bertz CT molecular complexity index is 156. The van der Waals surface area contributed by atoms with Gasteiger partial charge in [0.1, 0.15) is 0 Å². The lowest BCUT2D eigenvalue weighted by Crippen LogP contribution is -2.40. The standard InChI is InChI=1S/C8H16N2O/c1-8(2)5-3-7(4-6-9)10(8)11/h6-7,9,11H,3-5H2,1-2H3. The van der Waals surface area contributed by atoms with Crippen molar-refractivity contribution in [1.82, 2.24) is 5.06 Å². The summed E-state index contributed by atoms with van der Waals surface area (Å²) in [6, 6.07) is 0.169. The molecule has 1 atom stereocenters. The SMILES string of the molecule is CC1(C)CCC(CC=N)N1O. The summed E-state index contributed by atoms with van der Waals surface area (Å²) in [7, 11) is 0. The Morgan fingerprint density at radius 2 is 2.36 bits per heavy atom. The molecular weight excluding hydrogens is 140 g/mol. The molecule has 3 heteroatoms. The van der Waals surface area contributed by atoms with E-state index in [1.54, 1.807) is 0 Å². The maximum Gasteiger partial charge on any atom is 0.0408 e. The summed E-state index contributed by atoms with van der Waals surface area (Å²) in [4.78, 5) is 0. The molecule has 0 aliphatic carbocycles. The van der Waals surface area contributed by atoms with Crippen molar-refractivity contribution >= 4 is 6.21 Å². The first kappa shape index (κ1) is 8.68. The molecule has 64 valence electrons. The average Bonchev–Trinajstić information content (AvgIpc) is 2.17. The van der Waals surface area contributed by atoms with E-state index in [1.807, 2.05) is 13.8 Å². The summed E-state index contributed by atoms with van der Waals surface area (Å²) >= 11 is 0. The van der Waals surface area contributed by atoms with Crippen LogP contribution in [-0.2, 0) is 0 Å². The Morgan fingerprint density at radius 3 is 2.73 bits per heavy atom. The molecular formula is C8H16N2O. The minimum Gasteiger partial charge on any atom is -0.313 e. The van der Waals surface area contributed by atoms with Crippen LogP contribution in [0, 0.1) is 5.41 Å². The van der Waals surface area contributed by atoms with E-state index in [2.05, 4.69) is 0 Å². The minimum absolute atomic E-state index is 0.0896. The first-order valence-electron chi connectivity index (χ1n) is 4.05. The van der Waals surface area contributed by atoms with Crippen molar-refractivity contribution in [3.63, 3.8) is 0 Å². The lowest BCUT2D eigenvalue weighted by Gasteiger charge is -2.28. The molecule has 2 N–H and O–H groups in total. The highest BCUT2D eigenvalue weighted by atomic mass is 16.5. The van der Waals surface area contributed by atoms with Gasteiger partial charge in [-0.1, -0.05) is 0 Å². The zero-order chi connectivity index (χ0) is 8.48. The summed E-state index contributed by atoms with van der Waals surface area (Å²) in [6.45, 7) is 4.05. The molecule has 1 heterocycles. The number of hydrogen-bond acceptors (Lipinski definition) is 3. The molecule has 0 aromatic heterocycles. The molecule has 1 unspecified atom stereocenters. The van der Waals surface area contributed by atoms with Crippen molar-refractivity contribution in [2.45, 2.75) is 44.7 Å². The fraction of sp³-hybridized carbons (Fsp3) is 0.875. The Balaban J connectivity index is 2.55. The summed E-state index contributed by atoms with van der Waals surface area (Å²) < 4.78 is 0. The van der Waals surface area contributed by atoms with Gasteiger partial charge in [0.25, 0.3) is 0 Å². The van der Waals surface area contributed by atoms with E-state index < -0.39 is 0 Å². The lowest BCUT2D eigenvalue weighted by molar-refractivity contribution is -0.162. The average molecular weight is 156 g/mol. The summed E-state index contributed by atoms with van der Waals surface area (Å²) in [5.74, 6) is 0. The third kappa shape index (κ3) is 1.60. The van der Waals surface area contributed by atoms with Gasteiger partial charge in [0, 0.05) is 11.6 Å². The van der Waals surface area contributed by atoms with Gasteiger partial charge in [-0.25, -0.2) is 0 Å². The fourth-order valence-corrected chi connectivity index (χ4v) is 1.60. The van der Waals surface area contributed by atoms with Gasteiger partial charge >= 0.3 is 0 Å². The third-order valence-corrected chi connectivity index (χ3v) is 2.45. The lowest BCUT2D eigenvalue weighted by atomic mass is 10.0. The topological polar surface area (TPSA) is 47.3 Å². The molecule has 3 nitrogen and oxygen atoms in total. The molecule has 0 aromatic carbocycles. The van der Waals surface area contributed by atoms with Gasteiger partial charge in [-0.3, -0.25) is 0 Å². The number of nitrogens with one attached hydrogen (secondary N) is 1. The molecule has 1 aliphatic rings. The molecule has 1 saturated heterocycles. The molecule has 0 amide bonds. The van der Waals surface area contributed by atoms with Crippen LogP contribution in [0.25, 0.3) is 0 Å². The number of rotatable bonds is 2. The van der Waals surface area contributed by atoms with E-state index in [4.69, 9.17) is 5.41 Å². The zero-order valence-corrected chi connectivity index (χ0v) is 7.17. The second-order valence-electron chi connectivity index (χ2n) is 3.79. The Kier molecular flexibility index (Phi) is 2.30. The molecule has 0 aromatic rings. The second-order valence-corrected chi connectivity index (χ2v) is 3.79. The predicted octanol–water partition coefficient (Wildman–Crippen LogP) is 1.66. The monoisotopic (exact) mass is 156 g/mol. The van der Waals surface area contributed by atoms with Crippen molar-refractivity contribution in [3.8, 4) is 0 Å². The van der Waals surface area contributed by atoms with Crippen molar-refractivity contribution in [3.05, 3.63) is 0 Å². The smallest absolute Gasteiger partial charge is 0.0408 e. The highest BCUT2D eigenvalue weighted by Gasteiger charge is 2.37. The maximum absolute atomic E-state index is 9.58. The Hall–Kier alpha value is -0.410. The van der Waals surface area contributed by atoms with E-state index in [1.165, 1.54) is 11.3 Å². The van der Waals surface area contributed by atoms with Crippen LogP contribution in [0.4, 0.5) is 0 Å². The highest BCUT2D eigenvalue weighted by molar-refractivity contribution is 5.53. The van der Waals surface area contributed by atoms with Gasteiger partial charge in [0.2, 0.25) is 0 Å². The van der Waals surface area contributed by atoms with Crippen molar-refractivity contribution < 1.29 is 5.21 Å². The van der Waals surface area contributed by atoms with Crippen molar-refractivity contribution in [2.75, 3.05) is 0 Å². The van der Waals surface area contributed by atoms with Crippen molar-refractivity contribution in [2.24, 2.45) is 0 Å². The van der Waals surface area contributed by atoms with E-state index in [0.29, 0.717) is 6.42 Å². The molecule has 11 heavy (non-hydrogen) atoms. The van der Waals surface area contributed by atoms with Gasteiger partial charge in [0.05, 0.1) is 0 Å². The molecule has 1 fully saturated rings. The minimum atomic E-state index is -0.0896. The predicted molar refractivity (Wildman–Crippen MR) is 44.1 cm³/mol. The van der Waals surface area contributed by atoms with Crippen LogP contribution in [0.15, 0.2) is 0 Å². The molecule has 0 radical (unpaired) electrons. The van der Waals surface area contributed by atoms with Gasteiger partial charge in [-0.2, -0.15) is 5.06 Å². The van der Waals surface area contributed by atoms with E-state index >= 15 is 0 Å². The fourth-order valence-electron chi connectivity index (χ4n) is 1.60. The molecule has 0 bridgehead atoms. The first-order valence-corrected chi connectivity index (χ1v) is 4.05. The van der Waals surface area contributed by atoms with Crippen LogP contribution in [0.5, 0.6) is 0 Å². The Morgan fingerprint density at radius 1 is 1.73 bits per heavy atom. The quantitative estimate of drug-likeness (QED) is 0.597. The summed E-state index contributed by atoms with van der Waals surface area (Å²) in [6.07, 6.45) is 4.05. The number of hydrogen-bond donors (Lipinski definition) is 2. The van der Waals surface area contributed by atoms with Crippen LogP contribution < -0.4 is 0 Å². The maximum atomic E-state index is 9.58. The van der Waals surface area contributed by atoms with Gasteiger partial charge in [-0.05, 0) is 39.3 Å². The van der Waals surface area contributed by atoms with Gasteiger partial charge in [0.15, 0.2) is 0 Å². The molecule has 1 aliphatic heterocycles. The normalized spacial score (nSPS) is 30.6. The first-order chi connectivity index (χ1) is 5.08. The molecule has 0 spiro atoms. The van der Waals surface area contributed by atoms with E-state index in [9.17, 15) is 5.21 Å². The van der Waals surface area contributed by atoms with Gasteiger partial charge < -0.3 is 10.6 Å². The molecule has 1 rings (SSSR count). The number of nitrogens with zero attached hydrogens (tertiary/aromatic N) is 1. The third-order valence-electron chi connectivity index (χ3n) is 2.45. The second kappa shape index (κ2) is 2.91. The van der Waals surface area contributed by atoms with E-state index in [0.717, 1.165) is 12.8 Å². The number of hydroxylamine groups is 2. The van der Waals surface area contributed by atoms with Crippen LogP contribution in [0.1, 0.15) is 33.1 Å². The van der Waals surface area contributed by atoms with Crippen molar-refractivity contribution in [1.29, 1.82) is 5.41 Å². The van der Waals surface area contributed by atoms with E-state index in [-0.39, 0.29) is 11.6 Å². The summed E-state index contributed by atoms with van der Waals surface area (Å²) in [5.41, 5.74) is -0.0896.